The van der Waals surface area contributed by atoms with Crippen molar-refractivity contribution in [2.24, 2.45) is 0 Å². The summed E-state index contributed by atoms with van der Waals surface area (Å²) in [6.07, 6.45) is 0.162. The number of carbonyl (C=O) groups is 3. The molecule has 1 aliphatic heterocycles. The Hall–Kier alpha value is -1.59. The van der Waals surface area contributed by atoms with Gasteiger partial charge in [-0.1, -0.05) is 0 Å². The van der Waals surface area contributed by atoms with Crippen LogP contribution in [0.4, 0.5) is 4.79 Å². The third-order valence-corrected chi connectivity index (χ3v) is 2.58. The Morgan fingerprint density at radius 1 is 1.37 bits per heavy atom. The SMILES string of the molecule is CCOC(=O)[C@@H]1C(=O)CCCN1C(=O)OC(C)(C)C. The number of hydrogen-bond acceptors (Lipinski definition) is 5. The molecule has 0 aliphatic carbocycles. The summed E-state index contributed by atoms with van der Waals surface area (Å²) in [5, 5.41) is 0. The molecule has 1 atom stereocenters. The van der Waals surface area contributed by atoms with Crippen LogP contribution < -0.4 is 0 Å². The normalized spacial score (nSPS) is 20.1. The number of Topliss-reactive ketones (excluding diaryl/α,β-unsaturated/α-hetero) is 1. The molecule has 0 aromatic carbocycles. The van der Waals surface area contributed by atoms with E-state index in [1.54, 1.807) is 27.7 Å². The molecule has 0 spiro atoms. The third kappa shape index (κ3) is 4.22. The van der Waals surface area contributed by atoms with Crippen molar-refractivity contribution < 1.29 is 23.9 Å². The standard InChI is InChI=1S/C13H21NO5/c1-5-18-11(16)10-9(15)7-6-8-14(10)12(17)19-13(2,3)4/h10H,5-8H2,1-4H3/t10-/m0/s1. The van der Waals surface area contributed by atoms with Crippen LogP contribution >= 0.6 is 0 Å². The molecule has 0 unspecified atom stereocenters. The van der Waals surface area contributed by atoms with Gasteiger partial charge in [0.1, 0.15) is 5.60 Å². The van der Waals surface area contributed by atoms with E-state index < -0.39 is 23.7 Å². The first-order valence-electron chi connectivity index (χ1n) is 6.45. The molecule has 0 bridgehead atoms. The summed E-state index contributed by atoms with van der Waals surface area (Å²) in [4.78, 5) is 36.8. The average Bonchev–Trinajstić information content (AvgIpc) is 2.26. The Balaban J connectivity index is 2.85. The minimum atomic E-state index is -1.16. The van der Waals surface area contributed by atoms with Gasteiger partial charge in [0.05, 0.1) is 6.61 Å². The molecule has 108 valence electrons. The zero-order valence-corrected chi connectivity index (χ0v) is 11.9. The van der Waals surface area contributed by atoms with E-state index >= 15 is 0 Å². The number of likely N-dealkylation sites (tertiary alicyclic amines) is 1. The zero-order chi connectivity index (χ0) is 14.6. The quantitative estimate of drug-likeness (QED) is 0.562. The van der Waals surface area contributed by atoms with Crippen LogP contribution in [0.25, 0.3) is 0 Å². The van der Waals surface area contributed by atoms with Gasteiger partial charge in [-0.3, -0.25) is 9.69 Å². The van der Waals surface area contributed by atoms with Crippen LogP contribution in [0.5, 0.6) is 0 Å². The molecular formula is C13H21NO5. The smallest absolute Gasteiger partial charge is 0.411 e. The van der Waals surface area contributed by atoms with Gasteiger partial charge in [-0.25, -0.2) is 9.59 Å². The van der Waals surface area contributed by atoms with Gasteiger partial charge in [0.25, 0.3) is 0 Å². The fraction of sp³-hybridized carbons (Fsp3) is 0.769. The molecule has 0 saturated carbocycles. The summed E-state index contributed by atoms with van der Waals surface area (Å²) < 4.78 is 10.1. The molecule has 0 aromatic heterocycles. The maximum absolute atomic E-state index is 12.0. The molecule has 6 nitrogen and oxygen atoms in total. The maximum atomic E-state index is 12.0. The lowest BCUT2D eigenvalue weighted by Gasteiger charge is -2.34. The Bertz CT molecular complexity index is 372. The van der Waals surface area contributed by atoms with Crippen molar-refractivity contribution in [2.45, 2.75) is 52.2 Å². The van der Waals surface area contributed by atoms with Crippen molar-refractivity contribution in [3.8, 4) is 0 Å². The molecule has 6 heteroatoms. The summed E-state index contributed by atoms with van der Waals surface area (Å²) >= 11 is 0. The van der Waals surface area contributed by atoms with Crippen LogP contribution in [0.1, 0.15) is 40.5 Å². The highest BCUT2D eigenvalue weighted by Gasteiger charge is 2.41. The van der Waals surface area contributed by atoms with Crippen LogP contribution in [0.3, 0.4) is 0 Å². The maximum Gasteiger partial charge on any atom is 0.411 e. The van der Waals surface area contributed by atoms with Gasteiger partial charge < -0.3 is 9.47 Å². The first-order chi connectivity index (χ1) is 8.76. The number of hydrogen-bond donors (Lipinski definition) is 0. The highest BCUT2D eigenvalue weighted by Crippen LogP contribution is 2.19. The van der Waals surface area contributed by atoms with Gasteiger partial charge in [0.2, 0.25) is 0 Å². The number of carbonyl (C=O) groups excluding carboxylic acids is 3. The van der Waals surface area contributed by atoms with E-state index in [2.05, 4.69) is 0 Å². The predicted molar refractivity (Wildman–Crippen MR) is 67.6 cm³/mol. The largest absolute Gasteiger partial charge is 0.464 e. The first kappa shape index (κ1) is 15.5. The highest BCUT2D eigenvalue weighted by molar-refractivity contribution is 6.05. The second-order valence-electron chi connectivity index (χ2n) is 5.40. The van der Waals surface area contributed by atoms with Crippen LogP contribution in [-0.4, -0.2) is 47.5 Å². The lowest BCUT2D eigenvalue weighted by molar-refractivity contribution is -0.154. The molecule has 0 aromatic rings. The Labute approximate surface area is 113 Å². The van der Waals surface area contributed by atoms with Gasteiger partial charge in [0, 0.05) is 13.0 Å². The van der Waals surface area contributed by atoms with E-state index in [9.17, 15) is 14.4 Å². The number of nitrogens with zero attached hydrogens (tertiary/aromatic N) is 1. The van der Waals surface area contributed by atoms with Crippen molar-refractivity contribution in [1.29, 1.82) is 0 Å². The van der Waals surface area contributed by atoms with Gasteiger partial charge >= 0.3 is 12.1 Å². The van der Waals surface area contributed by atoms with Crippen molar-refractivity contribution in [1.82, 2.24) is 4.90 Å². The van der Waals surface area contributed by atoms with Crippen LogP contribution in [-0.2, 0) is 19.1 Å². The fourth-order valence-corrected chi connectivity index (χ4v) is 1.86. The summed E-state index contributed by atoms with van der Waals surface area (Å²) in [7, 11) is 0. The van der Waals surface area contributed by atoms with Crippen molar-refractivity contribution in [3.05, 3.63) is 0 Å². The Kier molecular flexibility index (Phi) is 4.91. The van der Waals surface area contributed by atoms with Gasteiger partial charge in [-0.2, -0.15) is 0 Å². The van der Waals surface area contributed by atoms with Crippen molar-refractivity contribution in [2.75, 3.05) is 13.2 Å². The number of ketones is 1. The highest BCUT2D eigenvalue weighted by atomic mass is 16.6. The summed E-state index contributed by atoms with van der Waals surface area (Å²) in [6.45, 7) is 7.35. The second-order valence-corrected chi connectivity index (χ2v) is 5.40. The summed E-state index contributed by atoms with van der Waals surface area (Å²) in [5.74, 6) is -0.978. The van der Waals surface area contributed by atoms with E-state index in [0.717, 1.165) is 4.90 Å². The van der Waals surface area contributed by atoms with Crippen molar-refractivity contribution in [3.63, 3.8) is 0 Å². The fourth-order valence-electron chi connectivity index (χ4n) is 1.86. The minimum Gasteiger partial charge on any atom is -0.464 e. The molecule has 0 N–H and O–H groups in total. The molecule has 1 fully saturated rings. The third-order valence-electron chi connectivity index (χ3n) is 2.58. The van der Waals surface area contributed by atoms with Crippen LogP contribution in [0.2, 0.25) is 0 Å². The molecule has 1 saturated heterocycles. The topological polar surface area (TPSA) is 72.9 Å². The lowest BCUT2D eigenvalue weighted by Crippen LogP contribution is -2.54. The van der Waals surface area contributed by atoms with E-state index in [-0.39, 0.29) is 18.8 Å². The van der Waals surface area contributed by atoms with Crippen molar-refractivity contribution >= 4 is 17.8 Å². The average molecular weight is 271 g/mol. The van der Waals surface area contributed by atoms with Gasteiger partial charge in [-0.15, -0.1) is 0 Å². The summed E-state index contributed by atoms with van der Waals surface area (Å²) in [6, 6.07) is -1.16. The monoisotopic (exact) mass is 271 g/mol. The molecular weight excluding hydrogens is 250 g/mol. The number of ether oxygens (including phenoxy) is 2. The molecule has 0 radical (unpaired) electrons. The number of amides is 1. The number of rotatable bonds is 2. The zero-order valence-electron chi connectivity index (χ0n) is 11.9. The van der Waals surface area contributed by atoms with E-state index in [1.165, 1.54) is 0 Å². The van der Waals surface area contributed by atoms with Gasteiger partial charge in [-0.05, 0) is 34.1 Å². The van der Waals surface area contributed by atoms with Gasteiger partial charge in [0.15, 0.2) is 11.8 Å². The number of esters is 1. The Morgan fingerprint density at radius 2 is 2.00 bits per heavy atom. The van der Waals surface area contributed by atoms with E-state index in [0.29, 0.717) is 13.0 Å². The van der Waals surface area contributed by atoms with Crippen LogP contribution in [0, 0.1) is 0 Å². The van der Waals surface area contributed by atoms with E-state index in [4.69, 9.17) is 9.47 Å². The number of piperidine rings is 1. The lowest BCUT2D eigenvalue weighted by atomic mass is 10.0. The second kappa shape index (κ2) is 6.04. The molecule has 19 heavy (non-hydrogen) atoms. The molecule has 1 aliphatic rings. The Morgan fingerprint density at radius 3 is 2.53 bits per heavy atom. The van der Waals surface area contributed by atoms with E-state index in [1.807, 2.05) is 0 Å². The predicted octanol–water partition coefficient (Wildman–Crippen LogP) is 1.52. The molecule has 1 rings (SSSR count). The first-order valence-corrected chi connectivity index (χ1v) is 6.45. The van der Waals surface area contributed by atoms with Crippen LogP contribution in [0.15, 0.2) is 0 Å². The molecule has 1 heterocycles. The minimum absolute atomic E-state index is 0.171. The summed E-state index contributed by atoms with van der Waals surface area (Å²) in [5.41, 5.74) is -0.670. The molecule has 1 amide bonds.